The molecule has 138 valence electrons. The van der Waals surface area contributed by atoms with Crippen molar-refractivity contribution >= 4 is 46.3 Å². The minimum absolute atomic E-state index is 0.0244. The lowest BCUT2D eigenvalue weighted by atomic mass is 10.0. The zero-order valence-corrected chi connectivity index (χ0v) is 16.5. The number of thioether (sulfide) groups is 1. The van der Waals surface area contributed by atoms with E-state index >= 15 is 0 Å². The van der Waals surface area contributed by atoms with Gasteiger partial charge in [0.05, 0.1) is 4.91 Å². The number of nitrogens with zero attached hydrogens (tertiary/aromatic N) is 1. The summed E-state index contributed by atoms with van der Waals surface area (Å²) < 4.78 is 0.480. The summed E-state index contributed by atoms with van der Waals surface area (Å²) in [5, 5.41) is 8.73. The summed E-state index contributed by atoms with van der Waals surface area (Å²) in [6.07, 6.45) is 2.24. The van der Waals surface area contributed by atoms with Gasteiger partial charge in [-0.1, -0.05) is 78.1 Å². The van der Waals surface area contributed by atoms with Crippen LogP contribution < -0.4 is 0 Å². The maximum Gasteiger partial charge on any atom is 0.303 e. The predicted molar refractivity (Wildman–Crippen MR) is 113 cm³/mol. The largest absolute Gasteiger partial charge is 0.481 e. The molecule has 1 saturated heterocycles. The van der Waals surface area contributed by atoms with Crippen LogP contribution in [0.4, 0.5) is 0 Å². The number of aliphatic carboxylic acids is 1. The van der Waals surface area contributed by atoms with E-state index in [0.29, 0.717) is 22.2 Å². The number of carboxylic acids is 1. The lowest BCUT2D eigenvalue weighted by molar-refractivity contribution is -0.137. The molecule has 27 heavy (non-hydrogen) atoms. The second-order valence-electron chi connectivity index (χ2n) is 6.32. The van der Waals surface area contributed by atoms with Crippen LogP contribution in [0.15, 0.2) is 53.4 Å². The molecule has 1 aliphatic heterocycles. The molecule has 1 aliphatic rings. The Morgan fingerprint density at radius 3 is 2.30 bits per heavy atom. The Morgan fingerprint density at radius 2 is 1.70 bits per heavy atom. The van der Waals surface area contributed by atoms with E-state index < -0.39 is 5.97 Å². The minimum atomic E-state index is -0.871. The molecule has 0 spiro atoms. The molecule has 0 radical (unpaired) electrons. The number of benzene rings is 2. The van der Waals surface area contributed by atoms with Gasteiger partial charge >= 0.3 is 5.97 Å². The van der Waals surface area contributed by atoms with Crippen molar-refractivity contribution in [2.45, 2.75) is 19.8 Å². The lowest BCUT2D eigenvalue weighted by Gasteiger charge is -2.13. The van der Waals surface area contributed by atoms with Crippen LogP contribution in [0, 0.1) is 6.92 Å². The fraction of sp³-hybridized carbons (Fsp3) is 0.190. The molecule has 3 rings (SSSR count). The number of carbonyl (C=O) groups excluding carboxylic acids is 1. The number of hydrogen-bond acceptors (Lipinski definition) is 4. The summed E-state index contributed by atoms with van der Waals surface area (Å²) in [5.74, 6) is -1.03. The average molecular weight is 398 g/mol. The van der Waals surface area contributed by atoms with Gasteiger partial charge in [-0.2, -0.15) is 0 Å². The van der Waals surface area contributed by atoms with Crippen LogP contribution in [-0.4, -0.2) is 32.7 Å². The molecule has 0 atom stereocenters. The van der Waals surface area contributed by atoms with Crippen molar-refractivity contribution in [2.75, 3.05) is 6.54 Å². The zero-order chi connectivity index (χ0) is 19.4. The summed E-state index contributed by atoms with van der Waals surface area (Å²) in [7, 11) is 0. The van der Waals surface area contributed by atoms with Gasteiger partial charge in [0.2, 0.25) is 0 Å². The van der Waals surface area contributed by atoms with Gasteiger partial charge in [0.1, 0.15) is 4.32 Å². The Hall–Kier alpha value is -2.44. The van der Waals surface area contributed by atoms with Crippen LogP contribution in [0.2, 0.25) is 0 Å². The number of thiocarbonyl (C=S) groups is 1. The third kappa shape index (κ3) is 4.84. The highest BCUT2D eigenvalue weighted by Gasteiger charge is 2.31. The van der Waals surface area contributed by atoms with Crippen molar-refractivity contribution < 1.29 is 14.7 Å². The molecule has 0 unspecified atom stereocenters. The van der Waals surface area contributed by atoms with E-state index in [9.17, 15) is 9.59 Å². The van der Waals surface area contributed by atoms with Gasteiger partial charge in [0.15, 0.2) is 0 Å². The SMILES string of the molecule is Cc1ccc(-c2ccc(C=C3SC(=S)N(CCCC(=O)O)C3=O)cc2)cc1. The van der Waals surface area contributed by atoms with Crippen LogP contribution in [0.25, 0.3) is 17.2 Å². The van der Waals surface area contributed by atoms with Crippen molar-refractivity contribution in [1.29, 1.82) is 0 Å². The number of carboxylic acid groups (broad SMARTS) is 1. The van der Waals surface area contributed by atoms with Gasteiger partial charge in [-0.05, 0) is 36.1 Å². The monoisotopic (exact) mass is 397 g/mol. The van der Waals surface area contributed by atoms with E-state index in [1.807, 2.05) is 30.3 Å². The highest BCUT2D eigenvalue weighted by molar-refractivity contribution is 8.26. The first kappa shape index (κ1) is 19.3. The van der Waals surface area contributed by atoms with E-state index in [4.69, 9.17) is 17.3 Å². The Bertz CT molecular complexity index is 902. The van der Waals surface area contributed by atoms with Gasteiger partial charge < -0.3 is 5.11 Å². The van der Waals surface area contributed by atoms with E-state index in [1.165, 1.54) is 22.2 Å². The summed E-state index contributed by atoms with van der Waals surface area (Å²) in [5.41, 5.74) is 4.42. The highest BCUT2D eigenvalue weighted by atomic mass is 32.2. The Labute approximate surface area is 167 Å². The molecule has 1 fully saturated rings. The lowest BCUT2D eigenvalue weighted by Crippen LogP contribution is -2.29. The highest BCUT2D eigenvalue weighted by Crippen LogP contribution is 2.33. The fourth-order valence-electron chi connectivity index (χ4n) is 2.75. The maximum absolute atomic E-state index is 12.5. The molecule has 2 aromatic rings. The standard InChI is InChI=1S/C21H19NO3S2/c1-14-4-8-16(9-5-14)17-10-6-15(7-11-17)13-18-20(25)22(21(26)27-18)12-2-3-19(23)24/h4-11,13H,2-3,12H2,1H3,(H,23,24). The van der Waals surface area contributed by atoms with E-state index in [1.54, 1.807) is 0 Å². The topological polar surface area (TPSA) is 57.6 Å². The fourth-order valence-corrected chi connectivity index (χ4v) is 4.06. The molecule has 1 amide bonds. The second-order valence-corrected chi connectivity index (χ2v) is 7.99. The molecule has 0 aliphatic carbocycles. The summed E-state index contributed by atoms with van der Waals surface area (Å²) in [4.78, 5) is 25.2. The van der Waals surface area contributed by atoms with Crippen LogP contribution in [0.3, 0.4) is 0 Å². The van der Waals surface area contributed by atoms with Gasteiger partial charge in [0, 0.05) is 13.0 Å². The third-order valence-corrected chi connectivity index (χ3v) is 5.62. The molecule has 1 heterocycles. The first-order valence-electron chi connectivity index (χ1n) is 8.58. The van der Waals surface area contributed by atoms with Crippen LogP contribution in [0.5, 0.6) is 0 Å². The van der Waals surface area contributed by atoms with Gasteiger partial charge in [-0.3, -0.25) is 14.5 Å². The summed E-state index contributed by atoms with van der Waals surface area (Å²) >= 11 is 6.52. The second kappa shape index (κ2) is 8.50. The molecule has 4 nitrogen and oxygen atoms in total. The maximum atomic E-state index is 12.5. The van der Waals surface area contributed by atoms with Crippen molar-refractivity contribution in [1.82, 2.24) is 4.90 Å². The molecule has 6 heteroatoms. The van der Waals surface area contributed by atoms with E-state index in [2.05, 4.69) is 31.2 Å². The van der Waals surface area contributed by atoms with Crippen LogP contribution in [-0.2, 0) is 9.59 Å². The van der Waals surface area contributed by atoms with Gasteiger partial charge in [0.25, 0.3) is 5.91 Å². The third-order valence-electron chi connectivity index (χ3n) is 4.24. The molecule has 2 aromatic carbocycles. The molecule has 0 aromatic heterocycles. The molecule has 0 saturated carbocycles. The van der Waals surface area contributed by atoms with Crippen LogP contribution in [0.1, 0.15) is 24.0 Å². The summed E-state index contributed by atoms with van der Waals surface area (Å²) in [6.45, 7) is 2.39. The Balaban J connectivity index is 1.71. The zero-order valence-electron chi connectivity index (χ0n) is 14.8. The van der Waals surface area contributed by atoms with Crippen LogP contribution >= 0.6 is 24.0 Å². The first-order chi connectivity index (χ1) is 12.9. The first-order valence-corrected chi connectivity index (χ1v) is 9.81. The van der Waals surface area contributed by atoms with E-state index in [0.717, 1.165) is 16.7 Å². The predicted octanol–water partition coefficient (Wildman–Crippen LogP) is 4.73. The number of aryl methyl sites for hydroxylation is 1. The number of amides is 1. The van der Waals surface area contributed by atoms with Crippen molar-refractivity contribution in [2.24, 2.45) is 0 Å². The summed E-state index contributed by atoms with van der Waals surface area (Å²) in [6, 6.07) is 16.4. The smallest absolute Gasteiger partial charge is 0.303 e. The quantitative estimate of drug-likeness (QED) is 0.564. The molecular formula is C21H19NO3S2. The normalized spacial score (nSPS) is 15.6. The minimum Gasteiger partial charge on any atom is -0.481 e. The van der Waals surface area contributed by atoms with E-state index in [-0.39, 0.29) is 12.3 Å². The number of rotatable bonds is 6. The Kier molecular flexibility index (Phi) is 6.08. The molecule has 1 N–H and O–H groups in total. The van der Waals surface area contributed by atoms with Gasteiger partial charge in [-0.15, -0.1) is 0 Å². The number of hydrogen-bond donors (Lipinski definition) is 1. The van der Waals surface area contributed by atoms with Crippen molar-refractivity contribution in [3.8, 4) is 11.1 Å². The van der Waals surface area contributed by atoms with Gasteiger partial charge in [-0.25, -0.2) is 0 Å². The average Bonchev–Trinajstić information content (AvgIpc) is 2.90. The van der Waals surface area contributed by atoms with Crippen molar-refractivity contribution in [3.63, 3.8) is 0 Å². The van der Waals surface area contributed by atoms with Crippen molar-refractivity contribution in [3.05, 3.63) is 64.6 Å². The number of carbonyl (C=O) groups is 2. The Morgan fingerprint density at radius 1 is 1.11 bits per heavy atom. The molecule has 0 bridgehead atoms. The molecular weight excluding hydrogens is 378 g/mol.